The number of aromatic hydroxyl groups is 1. The lowest BCUT2D eigenvalue weighted by Gasteiger charge is -2.32. The molecular weight excluding hydrogens is 487 g/mol. The molecule has 0 bridgehead atoms. The molecule has 0 amide bonds. The van der Waals surface area contributed by atoms with Gasteiger partial charge in [-0.05, 0) is 63.1 Å². The molecule has 0 saturated carbocycles. The monoisotopic (exact) mass is 512 g/mol. The fourth-order valence-electron chi connectivity index (χ4n) is 4.60. The van der Waals surface area contributed by atoms with E-state index in [1.54, 1.807) is 13.8 Å². The minimum Gasteiger partial charge on any atom is -0.507 e. The minimum absolute atomic E-state index is 0.0290. The molecule has 1 fully saturated rings. The molecule has 2 heterocycles. The van der Waals surface area contributed by atoms with Crippen LogP contribution >= 0.6 is 11.6 Å². The molecule has 1 aliphatic rings. The van der Waals surface area contributed by atoms with E-state index in [0.29, 0.717) is 29.2 Å². The molecule has 188 valence electrons. The second-order valence-corrected chi connectivity index (χ2v) is 9.47. The molecule has 1 saturated heterocycles. The summed E-state index contributed by atoms with van der Waals surface area (Å²) in [5.41, 5.74) is 0.0153. The number of rotatable bonds is 4. The third-order valence-corrected chi connectivity index (χ3v) is 6.62. The molecule has 2 N–H and O–H groups in total. The van der Waals surface area contributed by atoms with Crippen LogP contribution in [0.5, 0.6) is 17.2 Å². The molecule has 3 atom stereocenters. The molecule has 35 heavy (non-hydrogen) atoms. The Hall–Kier alpha value is -2.75. The Labute approximate surface area is 204 Å². The van der Waals surface area contributed by atoms with Gasteiger partial charge in [0.25, 0.3) is 5.76 Å². The molecular formula is C25H26ClF3NO5+. The Morgan fingerprint density at radius 1 is 1.14 bits per heavy atom. The van der Waals surface area contributed by atoms with Gasteiger partial charge in [-0.15, -0.1) is 0 Å². The molecule has 2 aromatic carbocycles. The van der Waals surface area contributed by atoms with Crippen LogP contribution in [0.4, 0.5) is 13.2 Å². The number of ether oxygens (including phenoxy) is 2. The predicted molar refractivity (Wildman–Crippen MR) is 125 cm³/mol. The van der Waals surface area contributed by atoms with Gasteiger partial charge in [0.1, 0.15) is 43.3 Å². The summed E-state index contributed by atoms with van der Waals surface area (Å²) in [5.74, 6) is -2.75. The maximum Gasteiger partial charge on any atom is 0.453 e. The zero-order valence-electron chi connectivity index (χ0n) is 19.7. The van der Waals surface area contributed by atoms with Gasteiger partial charge in [0.05, 0.1) is 10.9 Å². The number of fused-ring (bicyclic) bond motifs is 1. The quantitative estimate of drug-likeness (QED) is 0.527. The van der Waals surface area contributed by atoms with E-state index in [0.717, 1.165) is 4.90 Å². The molecule has 4 rings (SSSR count). The highest BCUT2D eigenvalue weighted by Crippen LogP contribution is 2.40. The van der Waals surface area contributed by atoms with Crippen molar-refractivity contribution in [3.63, 3.8) is 0 Å². The Balaban J connectivity index is 1.86. The van der Waals surface area contributed by atoms with Crippen molar-refractivity contribution < 1.29 is 37.1 Å². The Morgan fingerprint density at radius 3 is 2.31 bits per heavy atom. The number of hydrogen-bond donors (Lipinski definition) is 2. The van der Waals surface area contributed by atoms with Gasteiger partial charge in [0.15, 0.2) is 5.58 Å². The molecule has 0 radical (unpaired) electrons. The van der Waals surface area contributed by atoms with Crippen LogP contribution in [0.1, 0.15) is 36.3 Å². The molecule has 1 aromatic heterocycles. The highest BCUT2D eigenvalue weighted by molar-refractivity contribution is 6.32. The van der Waals surface area contributed by atoms with Crippen LogP contribution in [0.3, 0.4) is 0 Å². The lowest BCUT2D eigenvalue weighted by molar-refractivity contribution is -0.928. The third kappa shape index (κ3) is 5.12. The number of morpholine rings is 1. The van der Waals surface area contributed by atoms with Crippen LogP contribution in [-0.2, 0) is 17.5 Å². The van der Waals surface area contributed by atoms with E-state index in [1.807, 2.05) is 13.8 Å². The first kappa shape index (κ1) is 25.3. The van der Waals surface area contributed by atoms with Crippen molar-refractivity contribution in [2.45, 2.75) is 52.6 Å². The number of nitrogens with one attached hydrogen (secondary N) is 1. The normalized spacial score (nSPS) is 20.9. The van der Waals surface area contributed by atoms with Crippen molar-refractivity contribution in [1.82, 2.24) is 0 Å². The van der Waals surface area contributed by atoms with E-state index in [9.17, 15) is 23.1 Å². The molecule has 3 aromatic rings. The number of alkyl halides is 3. The van der Waals surface area contributed by atoms with E-state index in [1.165, 1.54) is 24.3 Å². The predicted octanol–water partition coefficient (Wildman–Crippen LogP) is 4.77. The van der Waals surface area contributed by atoms with E-state index < -0.39 is 23.1 Å². The summed E-state index contributed by atoms with van der Waals surface area (Å²) in [4.78, 5) is 14.3. The van der Waals surface area contributed by atoms with Gasteiger partial charge in [0.2, 0.25) is 11.2 Å². The molecule has 1 aliphatic heterocycles. The SMILES string of the molecule is Cc1cc(Oc2c(C(F)(F)F)oc3c(C[NH+]4C[C@@H](C)O[C@@H](C)C4)c(O)ccc3c2=O)cc(C)c1Cl. The largest absolute Gasteiger partial charge is 0.507 e. The smallest absolute Gasteiger partial charge is 0.453 e. The topological polar surface area (TPSA) is 73.3 Å². The minimum atomic E-state index is -5.02. The second-order valence-electron chi connectivity index (χ2n) is 9.09. The number of phenols is 1. The second kappa shape index (κ2) is 9.37. The van der Waals surface area contributed by atoms with E-state index >= 15 is 0 Å². The zero-order chi connectivity index (χ0) is 25.7. The maximum atomic E-state index is 14.1. The van der Waals surface area contributed by atoms with Crippen LogP contribution in [0.2, 0.25) is 5.02 Å². The average Bonchev–Trinajstić information content (AvgIpc) is 2.74. The highest BCUT2D eigenvalue weighted by Gasteiger charge is 2.41. The van der Waals surface area contributed by atoms with E-state index in [4.69, 9.17) is 25.5 Å². The zero-order valence-corrected chi connectivity index (χ0v) is 20.4. The van der Waals surface area contributed by atoms with Crippen LogP contribution in [-0.4, -0.2) is 30.4 Å². The summed E-state index contributed by atoms with van der Waals surface area (Å²) in [5, 5.41) is 10.9. The first-order chi connectivity index (χ1) is 16.3. The van der Waals surface area contributed by atoms with Gasteiger partial charge in [-0.1, -0.05) is 11.6 Å². The van der Waals surface area contributed by atoms with Gasteiger partial charge in [-0.2, -0.15) is 13.2 Å². The number of hydrogen-bond acceptors (Lipinski definition) is 5. The fraction of sp³-hybridized carbons (Fsp3) is 0.400. The van der Waals surface area contributed by atoms with Gasteiger partial charge in [-0.25, -0.2) is 0 Å². The summed E-state index contributed by atoms with van der Waals surface area (Å²) in [7, 11) is 0. The van der Waals surface area contributed by atoms with Crippen molar-refractivity contribution in [3.05, 3.63) is 62.0 Å². The fourth-order valence-corrected chi connectivity index (χ4v) is 4.71. The van der Waals surface area contributed by atoms with Crippen LogP contribution in [0.15, 0.2) is 33.5 Å². The summed E-state index contributed by atoms with van der Waals surface area (Å²) in [6.45, 7) is 8.52. The first-order valence-corrected chi connectivity index (χ1v) is 11.6. The van der Waals surface area contributed by atoms with E-state index in [-0.39, 0.29) is 46.8 Å². The Bertz CT molecular complexity index is 1300. The van der Waals surface area contributed by atoms with Gasteiger partial charge < -0.3 is 23.9 Å². The van der Waals surface area contributed by atoms with Crippen molar-refractivity contribution in [2.75, 3.05) is 13.1 Å². The average molecular weight is 513 g/mol. The van der Waals surface area contributed by atoms with E-state index in [2.05, 4.69) is 0 Å². The van der Waals surface area contributed by atoms with Gasteiger partial charge >= 0.3 is 6.18 Å². The molecule has 0 spiro atoms. The lowest BCUT2D eigenvalue weighted by atomic mass is 10.1. The van der Waals surface area contributed by atoms with Crippen molar-refractivity contribution >= 4 is 22.6 Å². The van der Waals surface area contributed by atoms with Crippen molar-refractivity contribution in [3.8, 4) is 17.2 Å². The molecule has 1 unspecified atom stereocenters. The molecule has 10 heteroatoms. The first-order valence-electron chi connectivity index (χ1n) is 11.2. The Kier molecular flexibility index (Phi) is 6.78. The standard InChI is InChI=1S/C25H25ClF3NO5/c1-12-7-16(8-13(2)20(12)26)34-23-21(32)17-5-6-19(31)18(22(17)35-24(23)25(27,28)29)11-30-9-14(3)33-15(4)10-30/h5-8,14-15,31H,9-11H2,1-4H3/p+1/t14-,15+. The summed E-state index contributed by atoms with van der Waals surface area (Å²) < 4.78 is 58.7. The maximum absolute atomic E-state index is 14.1. The van der Waals surface area contributed by atoms with Crippen LogP contribution < -0.4 is 15.1 Å². The number of aryl methyl sites for hydroxylation is 2. The number of quaternary nitrogens is 1. The number of benzene rings is 2. The number of halogens is 4. The third-order valence-electron chi connectivity index (χ3n) is 6.03. The number of phenolic OH excluding ortho intramolecular Hbond substituents is 1. The van der Waals surface area contributed by atoms with Gasteiger partial charge in [0, 0.05) is 5.02 Å². The molecule has 6 nitrogen and oxygen atoms in total. The van der Waals surface area contributed by atoms with Gasteiger partial charge in [-0.3, -0.25) is 4.79 Å². The lowest BCUT2D eigenvalue weighted by Crippen LogP contribution is -3.14. The summed E-state index contributed by atoms with van der Waals surface area (Å²) >= 11 is 6.15. The van der Waals surface area contributed by atoms with Crippen LogP contribution in [0.25, 0.3) is 11.0 Å². The summed E-state index contributed by atoms with van der Waals surface area (Å²) in [6.07, 6.45) is -5.14. The molecule has 0 aliphatic carbocycles. The Morgan fingerprint density at radius 2 is 1.74 bits per heavy atom. The van der Waals surface area contributed by atoms with Crippen LogP contribution in [0, 0.1) is 13.8 Å². The van der Waals surface area contributed by atoms with Crippen molar-refractivity contribution in [2.24, 2.45) is 0 Å². The highest BCUT2D eigenvalue weighted by atomic mass is 35.5. The summed E-state index contributed by atoms with van der Waals surface area (Å²) in [6, 6.07) is 5.43. The van der Waals surface area contributed by atoms with Crippen molar-refractivity contribution in [1.29, 1.82) is 0 Å².